The fraction of sp³-hybridized carbons (Fsp3) is 0.286. The van der Waals surface area contributed by atoms with Gasteiger partial charge in [0.1, 0.15) is 10.7 Å². The fourth-order valence-corrected chi connectivity index (χ4v) is 3.62. The van der Waals surface area contributed by atoms with E-state index in [1.165, 1.54) is 35.0 Å². The Hall–Kier alpha value is -2.95. The average molecular weight is 360 g/mol. The second-order valence-corrected chi connectivity index (χ2v) is 6.46. The van der Waals surface area contributed by atoms with E-state index in [-0.39, 0.29) is 17.2 Å². The molecule has 1 saturated heterocycles. The summed E-state index contributed by atoms with van der Waals surface area (Å²) < 4.78 is 5.02. The minimum Gasteiger partial charge on any atom is -0.401 e. The minimum atomic E-state index is -0.671. The number of hydrogen-bond donors (Lipinski definition) is 1. The lowest BCUT2D eigenvalue weighted by molar-refractivity contribution is -0.402. The topological polar surface area (TPSA) is 128 Å². The molecule has 0 spiro atoms. The van der Waals surface area contributed by atoms with Gasteiger partial charge in [-0.25, -0.2) is 0 Å². The average Bonchev–Trinajstić information content (AvgIpc) is 3.30. The Morgan fingerprint density at radius 1 is 1.32 bits per heavy atom. The lowest BCUT2D eigenvalue weighted by Gasteiger charge is -2.19. The van der Waals surface area contributed by atoms with Crippen LogP contribution in [0, 0.1) is 15.5 Å². The molecule has 1 aromatic rings. The second kappa shape index (κ2) is 5.84. The van der Waals surface area contributed by atoms with Crippen LogP contribution < -0.4 is 0 Å². The first-order valence-electron chi connectivity index (χ1n) is 7.52. The number of nitro groups is 1. The first-order valence-corrected chi connectivity index (χ1v) is 8.34. The summed E-state index contributed by atoms with van der Waals surface area (Å²) in [4.78, 5) is 28.3. The summed E-state index contributed by atoms with van der Waals surface area (Å²) in [5.74, 6) is -1.05. The molecule has 0 aliphatic carbocycles. The van der Waals surface area contributed by atoms with Crippen LogP contribution in [0.25, 0.3) is 6.08 Å². The van der Waals surface area contributed by atoms with Gasteiger partial charge in [-0.2, -0.15) is 10.0 Å². The van der Waals surface area contributed by atoms with Crippen LogP contribution in [-0.4, -0.2) is 50.0 Å². The maximum Gasteiger partial charge on any atom is 0.433 e. The molecule has 3 aliphatic heterocycles. The maximum absolute atomic E-state index is 12.2. The van der Waals surface area contributed by atoms with E-state index in [4.69, 9.17) is 9.83 Å². The van der Waals surface area contributed by atoms with E-state index in [1.807, 2.05) is 0 Å². The first kappa shape index (κ1) is 15.6. The van der Waals surface area contributed by atoms with Crippen molar-refractivity contribution in [2.24, 2.45) is 10.1 Å². The Labute approximate surface area is 145 Å². The van der Waals surface area contributed by atoms with Crippen molar-refractivity contribution >= 4 is 45.8 Å². The van der Waals surface area contributed by atoms with E-state index in [2.05, 4.69) is 15.0 Å². The summed E-state index contributed by atoms with van der Waals surface area (Å²) in [6.07, 6.45) is 3.45. The lowest BCUT2D eigenvalue weighted by Crippen LogP contribution is -2.35. The number of amidine groups is 3. The Balaban J connectivity index is 1.63. The van der Waals surface area contributed by atoms with Gasteiger partial charge in [0, 0.05) is 13.1 Å². The third-order valence-electron chi connectivity index (χ3n) is 3.90. The number of thioether (sulfide) groups is 1. The van der Waals surface area contributed by atoms with Crippen LogP contribution in [0.15, 0.2) is 32.2 Å². The van der Waals surface area contributed by atoms with Crippen LogP contribution in [0.2, 0.25) is 0 Å². The summed E-state index contributed by atoms with van der Waals surface area (Å²) in [5, 5.41) is 25.7. The van der Waals surface area contributed by atoms with Crippen LogP contribution in [0.3, 0.4) is 0 Å². The first-order chi connectivity index (χ1) is 12.0. The van der Waals surface area contributed by atoms with Gasteiger partial charge in [0.2, 0.25) is 5.17 Å². The fourth-order valence-electron chi connectivity index (χ4n) is 2.68. The Morgan fingerprint density at radius 3 is 2.76 bits per heavy atom. The van der Waals surface area contributed by atoms with Crippen molar-refractivity contribution in [3.63, 3.8) is 0 Å². The van der Waals surface area contributed by atoms with Crippen molar-refractivity contribution < 1.29 is 14.1 Å². The van der Waals surface area contributed by atoms with E-state index < -0.39 is 16.7 Å². The van der Waals surface area contributed by atoms with Crippen molar-refractivity contribution in [2.75, 3.05) is 13.1 Å². The number of rotatable bonds is 2. The molecule has 1 fully saturated rings. The van der Waals surface area contributed by atoms with Crippen LogP contribution >= 0.6 is 11.8 Å². The zero-order chi connectivity index (χ0) is 17.6. The largest absolute Gasteiger partial charge is 0.433 e. The van der Waals surface area contributed by atoms with Gasteiger partial charge in [0.15, 0.2) is 11.0 Å². The number of nitrogens with one attached hydrogen (secondary N) is 1. The molecule has 25 heavy (non-hydrogen) atoms. The summed E-state index contributed by atoms with van der Waals surface area (Å²) in [6.45, 7) is 1.79. The lowest BCUT2D eigenvalue weighted by atomic mass is 10.1. The Kier molecular flexibility index (Phi) is 3.64. The standard InChI is InChI=1S/C14H12N6O4S/c15-11-9(7-8-3-4-10(24-8)20(22)23)12(21)16-13-19(11)17-14(25-13)18-5-1-2-6-18/h3-4,7,15H,1-2,5-6H2/b9-7-,15-11?. The maximum atomic E-state index is 12.2. The van der Waals surface area contributed by atoms with Crippen LogP contribution in [0.1, 0.15) is 18.6 Å². The van der Waals surface area contributed by atoms with Crippen LogP contribution in [0.4, 0.5) is 5.88 Å². The zero-order valence-electron chi connectivity index (χ0n) is 12.8. The Morgan fingerprint density at radius 2 is 2.08 bits per heavy atom. The summed E-state index contributed by atoms with van der Waals surface area (Å²) in [5.41, 5.74) is -0.0278. The van der Waals surface area contributed by atoms with Crippen LogP contribution in [0.5, 0.6) is 0 Å². The monoisotopic (exact) mass is 360 g/mol. The van der Waals surface area contributed by atoms with E-state index in [9.17, 15) is 14.9 Å². The SMILES string of the molecule is N=C1/C(=C/c2ccc([N+](=O)[O-])o2)C(=O)N=C2SC(N3CCCC3)=NN12. The van der Waals surface area contributed by atoms with Crippen molar-refractivity contribution in [1.82, 2.24) is 9.91 Å². The number of hydrazone groups is 1. The molecule has 128 valence electrons. The number of amides is 1. The number of aliphatic imine (C=N–C) groups is 1. The normalized spacial score (nSPS) is 21.7. The minimum absolute atomic E-state index is 0.0278. The highest BCUT2D eigenvalue weighted by atomic mass is 32.2. The van der Waals surface area contributed by atoms with Crippen LogP contribution in [-0.2, 0) is 4.79 Å². The smallest absolute Gasteiger partial charge is 0.401 e. The molecule has 0 saturated carbocycles. The van der Waals surface area contributed by atoms with Gasteiger partial charge in [-0.15, -0.1) is 5.10 Å². The van der Waals surface area contributed by atoms with Gasteiger partial charge >= 0.3 is 5.88 Å². The number of nitrogens with zero attached hydrogens (tertiary/aromatic N) is 5. The third-order valence-corrected chi connectivity index (χ3v) is 4.87. The highest BCUT2D eigenvalue weighted by molar-refractivity contribution is 8.26. The molecule has 0 radical (unpaired) electrons. The van der Waals surface area contributed by atoms with Crippen molar-refractivity contribution in [3.05, 3.63) is 33.6 Å². The van der Waals surface area contributed by atoms with Crippen molar-refractivity contribution in [3.8, 4) is 0 Å². The number of fused-ring (bicyclic) bond motifs is 1. The number of carbonyl (C=O) groups is 1. The molecule has 1 N–H and O–H groups in total. The molecule has 10 nitrogen and oxygen atoms in total. The van der Waals surface area contributed by atoms with Crippen molar-refractivity contribution in [2.45, 2.75) is 12.8 Å². The summed E-state index contributed by atoms with van der Waals surface area (Å²) >= 11 is 1.27. The highest BCUT2D eigenvalue weighted by Crippen LogP contribution is 2.31. The summed E-state index contributed by atoms with van der Waals surface area (Å²) in [7, 11) is 0. The predicted octanol–water partition coefficient (Wildman–Crippen LogP) is 1.86. The van der Waals surface area contributed by atoms with E-state index in [1.54, 1.807) is 0 Å². The van der Waals surface area contributed by atoms with E-state index in [0.717, 1.165) is 31.1 Å². The molecule has 4 heterocycles. The molecule has 0 unspecified atom stereocenters. The zero-order valence-corrected chi connectivity index (χ0v) is 13.7. The molecule has 0 atom stereocenters. The van der Waals surface area contributed by atoms with Gasteiger partial charge in [0.25, 0.3) is 5.91 Å². The van der Waals surface area contributed by atoms with E-state index in [0.29, 0.717) is 5.17 Å². The predicted molar refractivity (Wildman–Crippen MR) is 91.2 cm³/mol. The highest BCUT2D eigenvalue weighted by Gasteiger charge is 2.37. The van der Waals surface area contributed by atoms with Gasteiger partial charge < -0.3 is 9.32 Å². The number of hydrogen-bond acceptors (Lipinski definition) is 8. The molecular weight excluding hydrogens is 348 g/mol. The van der Waals surface area contributed by atoms with Gasteiger partial charge in [-0.3, -0.25) is 20.3 Å². The third kappa shape index (κ3) is 2.71. The molecule has 0 bridgehead atoms. The van der Waals surface area contributed by atoms with Crippen molar-refractivity contribution in [1.29, 1.82) is 5.41 Å². The Bertz CT molecular complexity index is 880. The number of carbonyl (C=O) groups excluding carboxylic acids is 1. The number of likely N-dealkylation sites (tertiary alicyclic amines) is 1. The van der Waals surface area contributed by atoms with Gasteiger partial charge in [-0.05, 0) is 36.7 Å². The van der Waals surface area contributed by atoms with Gasteiger partial charge in [-0.1, -0.05) is 0 Å². The quantitative estimate of drug-likeness (QED) is 0.484. The van der Waals surface area contributed by atoms with Gasteiger partial charge in [0.05, 0.1) is 11.6 Å². The molecule has 3 aliphatic rings. The van der Waals surface area contributed by atoms with E-state index >= 15 is 0 Å². The summed E-state index contributed by atoms with van der Waals surface area (Å²) in [6, 6.07) is 2.55. The molecule has 11 heteroatoms. The molecule has 1 aromatic heterocycles. The number of furan rings is 1. The molecule has 1 amide bonds. The molecular formula is C14H12N6O4S. The second-order valence-electron chi connectivity index (χ2n) is 5.53. The molecule has 4 rings (SSSR count). The molecule has 0 aromatic carbocycles.